The van der Waals surface area contributed by atoms with E-state index < -0.39 is 0 Å². The molecule has 3 heteroatoms. The van der Waals surface area contributed by atoms with Crippen molar-refractivity contribution < 1.29 is 14.3 Å². The summed E-state index contributed by atoms with van der Waals surface area (Å²) in [6.07, 6.45) is 0. The lowest BCUT2D eigenvalue weighted by Gasteiger charge is -2.13. The molecule has 0 N–H and O–H groups in total. The number of hydrogen-bond donors (Lipinski definition) is 0. The third kappa shape index (κ3) is 4.35. The van der Waals surface area contributed by atoms with Gasteiger partial charge in [-0.15, -0.1) is 0 Å². The van der Waals surface area contributed by atoms with Crippen molar-refractivity contribution in [3.63, 3.8) is 0 Å². The molecule has 0 heterocycles. The van der Waals surface area contributed by atoms with E-state index in [0.29, 0.717) is 18.3 Å². The second-order valence-electron chi connectivity index (χ2n) is 5.32. The largest absolute Gasteiger partial charge is 0.493 e. The molecule has 0 saturated carbocycles. The first-order valence-corrected chi connectivity index (χ1v) is 7.07. The molecule has 3 nitrogen and oxygen atoms in total. The molecule has 0 bridgehead atoms. The fourth-order valence-corrected chi connectivity index (χ4v) is 1.98. The van der Waals surface area contributed by atoms with Crippen molar-refractivity contribution in [2.75, 3.05) is 6.61 Å². The number of ether oxygens (including phenoxy) is 2. The molecule has 0 amide bonds. The molecule has 0 aliphatic rings. The zero-order valence-corrected chi connectivity index (χ0v) is 12.6. The summed E-state index contributed by atoms with van der Waals surface area (Å²) in [4.78, 5) is 11.1. The van der Waals surface area contributed by atoms with E-state index in [2.05, 4.69) is 13.8 Å². The highest BCUT2D eigenvalue weighted by Gasteiger charge is 2.08. The highest BCUT2D eigenvalue weighted by molar-refractivity contribution is 5.74. The summed E-state index contributed by atoms with van der Waals surface area (Å²) in [6.45, 7) is 6.29. The predicted octanol–water partition coefficient (Wildman–Crippen LogP) is 4.31. The van der Waals surface area contributed by atoms with Crippen LogP contribution in [-0.2, 0) is 4.79 Å². The quantitative estimate of drug-likeness (QED) is 0.606. The molecular formula is C18H20O3. The maximum Gasteiger partial charge on any atom is 0.308 e. The number of para-hydroxylation sites is 1. The van der Waals surface area contributed by atoms with Gasteiger partial charge in [-0.05, 0) is 29.7 Å². The lowest BCUT2D eigenvalue weighted by Crippen LogP contribution is -2.05. The van der Waals surface area contributed by atoms with Crippen molar-refractivity contribution in [1.82, 2.24) is 0 Å². The van der Waals surface area contributed by atoms with Crippen molar-refractivity contribution in [1.29, 1.82) is 0 Å². The fourth-order valence-electron chi connectivity index (χ4n) is 1.98. The minimum atomic E-state index is -0.323. The first kappa shape index (κ1) is 15.1. The van der Waals surface area contributed by atoms with E-state index in [1.165, 1.54) is 6.92 Å². The maximum absolute atomic E-state index is 11.1. The zero-order chi connectivity index (χ0) is 15.2. The van der Waals surface area contributed by atoms with Gasteiger partial charge in [0.15, 0.2) is 0 Å². The standard InChI is InChI=1S/C18H20O3/c1-13(2)12-20-18-10-5-4-9-17(18)15-7-6-8-16(11-15)21-14(3)19/h4-11,13H,12H2,1-3H3. The van der Waals surface area contributed by atoms with Crippen molar-refractivity contribution in [3.8, 4) is 22.6 Å². The summed E-state index contributed by atoms with van der Waals surface area (Å²) in [7, 11) is 0. The van der Waals surface area contributed by atoms with Gasteiger partial charge in [-0.1, -0.05) is 44.2 Å². The molecule has 110 valence electrons. The molecule has 0 spiro atoms. The summed E-state index contributed by atoms with van der Waals surface area (Å²) < 4.78 is 11.0. The Morgan fingerprint density at radius 3 is 2.57 bits per heavy atom. The van der Waals surface area contributed by atoms with Gasteiger partial charge in [-0.25, -0.2) is 0 Å². The fraction of sp³-hybridized carbons (Fsp3) is 0.278. The third-order valence-corrected chi connectivity index (χ3v) is 2.87. The van der Waals surface area contributed by atoms with Crippen LogP contribution in [0.15, 0.2) is 48.5 Å². The molecule has 0 aliphatic heterocycles. The van der Waals surface area contributed by atoms with E-state index in [1.54, 1.807) is 6.07 Å². The van der Waals surface area contributed by atoms with Crippen molar-refractivity contribution >= 4 is 5.97 Å². The van der Waals surface area contributed by atoms with E-state index in [4.69, 9.17) is 9.47 Å². The summed E-state index contributed by atoms with van der Waals surface area (Å²) in [5, 5.41) is 0. The molecule has 0 unspecified atom stereocenters. The summed E-state index contributed by atoms with van der Waals surface area (Å²) in [5.74, 6) is 1.52. The molecule has 0 radical (unpaired) electrons. The smallest absolute Gasteiger partial charge is 0.308 e. The van der Waals surface area contributed by atoms with Crippen LogP contribution in [0.2, 0.25) is 0 Å². The Labute approximate surface area is 125 Å². The first-order valence-electron chi connectivity index (χ1n) is 7.07. The monoisotopic (exact) mass is 284 g/mol. The second-order valence-corrected chi connectivity index (χ2v) is 5.32. The number of carbonyl (C=O) groups is 1. The molecule has 0 atom stereocenters. The van der Waals surface area contributed by atoms with Gasteiger partial charge in [0.05, 0.1) is 6.61 Å². The SMILES string of the molecule is CC(=O)Oc1cccc(-c2ccccc2OCC(C)C)c1. The number of hydrogen-bond acceptors (Lipinski definition) is 3. The number of rotatable bonds is 5. The zero-order valence-electron chi connectivity index (χ0n) is 12.6. The van der Waals surface area contributed by atoms with E-state index in [0.717, 1.165) is 16.9 Å². The Morgan fingerprint density at radius 2 is 1.86 bits per heavy atom. The Morgan fingerprint density at radius 1 is 1.10 bits per heavy atom. The lowest BCUT2D eigenvalue weighted by molar-refractivity contribution is -0.131. The van der Waals surface area contributed by atoms with Crippen LogP contribution in [0.25, 0.3) is 11.1 Å². The summed E-state index contributed by atoms with van der Waals surface area (Å²) in [6, 6.07) is 15.3. The molecule has 2 aromatic rings. The average Bonchev–Trinajstić information content (AvgIpc) is 2.45. The van der Waals surface area contributed by atoms with Gasteiger partial charge in [0.2, 0.25) is 0 Å². The van der Waals surface area contributed by atoms with Crippen LogP contribution in [0, 0.1) is 5.92 Å². The molecular weight excluding hydrogens is 264 g/mol. The predicted molar refractivity (Wildman–Crippen MR) is 83.5 cm³/mol. The van der Waals surface area contributed by atoms with Crippen LogP contribution in [0.3, 0.4) is 0 Å². The van der Waals surface area contributed by atoms with Gasteiger partial charge < -0.3 is 9.47 Å². The van der Waals surface area contributed by atoms with Gasteiger partial charge in [0.1, 0.15) is 11.5 Å². The van der Waals surface area contributed by atoms with E-state index >= 15 is 0 Å². The Hall–Kier alpha value is -2.29. The summed E-state index contributed by atoms with van der Waals surface area (Å²) >= 11 is 0. The van der Waals surface area contributed by atoms with E-state index in [-0.39, 0.29) is 5.97 Å². The highest BCUT2D eigenvalue weighted by atomic mass is 16.5. The number of esters is 1. The molecule has 0 aliphatic carbocycles. The van der Waals surface area contributed by atoms with Gasteiger partial charge in [-0.3, -0.25) is 4.79 Å². The summed E-state index contributed by atoms with van der Waals surface area (Å²) in [5.41, 5.74) is 1.96. The molecule has 2 aromatic carbocycles. The Balaban J connectivity index is 2.30. The van der Waals surface area contributed by atoms with Crippen LogP contribution in [-0.4, -0.2) is 12.6 Å². The number of benzene rings is 2. The van der Waals surface area contributed by atoms with Crippen LogP contribution >= 0.6 is 0 Å². The van der Waals surface area contributed by atoms with Crippen LogP contribution in [0.1, 0.15) is 20.8 Å². The second kappa shape index (κ2) is 6.93. The molecule has 2 rings (SSSR count). The van der Waals surface area contributed by atoms with Crippen LogP contribution < -0.4 is 9.47 Å². The number of carbonyl (C=O) groups excluding carboxylic acids is 1. The Kier molecular flexibility index (Phi) is 4.99. The van der Waals surface area contributed by atoms with Crippen molar-refractivity contribution in [3.05, 3.63) is 48.5 Å². The molecule has 0 aromatic heterocycles. The third-order valence-electron chi connectivity index (χ3n) is 2.87. The van der Waals surface area contributed by atoms with Gasteiger partial charge in [0, 0.05) is 12.5 Å². The normalized spacial score (nSPS) is 10.5. The van der Waals surface area contributed by atoms with E-state index in [9.17, 15) is 4.79 Å². The molecule has 0 saturated heterocycles. The topological polar surface area (TPSA) is 35.5 Å². The molecule has 21 heavy (non-hydrogen) atoms. The van der Waals surface area contributed by atoms with Crippen LogP contribution in [0.5, 0.6) is 11.5 Å². The highest BCUT2D eigenvalue weighted by Crippen LogP contribution is 2.32. The van der Waals surface area contributed by atoms with Gasteiger partial charge >= 0.3 is 5.97 Å². The maximum atomic E-state index is 11.1. The first-order chi connectivity index (χ1) is 10.1. The lowest BCUT2D eigenvalue weighted by atomic mass is 10.0. The van der Waals surface area contributed by atoms with Gasteiger partial charge in [-0.2, -0.15) is 0 Å². The Bertz CT molecular complexity index is 617. The van der Waals surface area contributed by atoms with Gasteiger partial charge in [0.25, 0.3) is 0 Å². The average molecular weight is 284 g/mol. The van der Waals surface area contributed by atoms with E-state index in [1.807, 2.05) is 42.5 Å². The minimum Gasteiger partial charge on any atom is -0.493 e. The minimum absolute atomic E-state index is 0.323. The van der Waals surface area contributed by atoms with Crippen LogP contribution in [0.4, 0.5) is 0 Å². The molecule has 0 fully saturated rings. The van der Waals surface area contributed by atoms with Crippen molar-refractivity contribution in [2.45, 2.75) is 20.8 Å². The van der Waals surface area contributed by atoms with Crippen molar-refractivity contribution in [2.24, 2.45) is 5.92 Å².